The van der Waals surface area contributed by atoms with Crippen molar-refractivity contribution in [2.24, 2.45) is 5.16 Å². The topological polar surface area (TPSA) is 71.0 Å². The van der Waals surface area contributed by atoms with Gasteiger partial charge in [0.1, 0.15) is 0 Å². The zero-order chi connectivity index (χ0) is 20.4. The standard InChI is InChI=1S/C22H22ClN3O3/c1-14-15(22(28)26-11-4-5-12-26)8-6-10-18(14)24-21(27)20-13-19(25-29-20)16-7-2-3-9-17(16)23/h2-3,6-10,20H,4-5,11-13H2,1H3,(H,24,27)/t20-/m1/s1. The Morgan fingerprint density at radius 2 is 1.90 bits per heavy atom. The van der Waals surface area contributed by atoms with Crippen LogP contribution in [0, 0.1) is 6.92 Å². The van der Waals surface area contributed by atoms with E-state index in [0.29, 0.717) is 28.4 Å². The van der Waals surface area contributed by atoms with E-state index >= 15 is 0 Å². The van der Waals surface area contributed by atoms with Gasteiger partial charge in [-0.2, -0.15) is 0 Å². The highest BCUT2D eigenvalue weighted by molar-refractivity contribution is 6.34. The van der Waals surface area contributed by atoms with Gasteiger partial charge in [0.05, 0.1) is 5.71 Å². The largest absolute Gasteiger partial charge is 0.382 e. The Morgan fingerprint density at radius 1 is 1.14 bits per heavy atom. The first-order valence-corrected chi connectivity index (χ1v) is 10.1. The van der Waals surface area contributed by atoms with Crippen molar-refractivity contribution in [3.05, 3.63) is 64.2 Å². The number of anilines is 1. The van der Waals surface area contributed by atoms with Crippen LogP contribution in [0.4, 0.5) is 5.69 Å². The van der Waals surface area contributed by atoms with Crippen LogP contribution >= 0.6 is 11.6 Å². The average molecular weight is 412 g/mol. The lowest BCUT2D eigenvalue weighted by Crippen LogP contribution is -2.30. The van der Waals surface area contributed by atoms with Gasteiger partial charge in [-0.1, -0.05) is 41.0 Å². The molecular formula is C22H22ClN3O3. The molecular weight excluding hydrogens is 390 g/mol. The first-order chi connectivity index (χ1) is 14.0. The van der Waals surface area contributed by atoms with Crippen LogP contribution < -0.4 is 5.32 Å². The molecule has 0 spiro atoms. The van der Waals surface area contributed by atoms with E-state index in [1.54, 1.807) is 24.3 Å². The zero-order valence-electron chi connectivity index (χ0n) is 16.2. The number of amides is 2. The fourth-order valence-corrected chi connectivity index (χ4v) is 3.92. The van der Waals surface area contributed by atoms with Crippen molar-refractivity contribution in [1.82, 2.24) is 4.90 Å². The molecule has 2 amide bonds. The second-order valence-corrected chi connectivity index (χ2v) is 7.69. The second-order valence-electron chi connectivity index (χ2n) is 7.28. The molecule has 29 heavy (non-hydrogen) atoms. The minimum absolute atomic E-state index is 0.0116. The molecule has 2 aliphatic heterocycles. The lowest BCUT2D eigenvalue weighted by atomic mass is 10.0. The Hall–Kier alpha value is -2.86. The number of hydrogen-bond donors (Lipinski definition) is 1. The summed E-state index contributed by atoms with van der Waals surface area (Å²) >= 11 is 6.21. The molecule has 0 aromatic heterocycles. The number of nitrogens with one attached hydrogen (secondary N) is 1. The summed E-state index contributed by atoms with van der Waals surface area (Å²) < 4.78 is 0. The van der Waals surface area contributed by atoms with E-state index in [2.05, 4.69) is 10.5 Å². The quantitative estimate of drug-likeness (QED) is 0.826. The minimum atomic E-state index is -0.737. The Kier molecular flexibility index (Phi) is 5.53. The van der Waals surface area contributed by atoms with Gasteiger partial charge >= 0.3 is 0 Å². The van der Waals surface area contributed by atoms with Gasteiger partial charge in [0.25, 0.3) is 11.8 Å². The van der Waals surface area contributed by atoms with Gasteiger partial charge in [-0.15, -0.1) is 0 Å². The molecule has 2 aromatic rings. The summed E-state index contributed by atoms with van der Waals surface area (Å²) in [6.45, 7) is 3.42. The fraction of sp³-hybridized carbons (Fsp3) is 0.318. The molecule has 1 fully saturated rings. The molecule has 1 N–H and O–H groups in total. The third-order valence-corrected chi connectivity index (χ3v) is 5.69. The van der Waals surface area contributed by atoms with Gasteiger partial charge in [-0.05, 0) is 43.5 Å². The van der Waals surface area contributed by atoms with Crippen molar-refractivity contribution >= 4 is 34.8 Å². The lowest BCUT2D eigenvalue weighted by molar-refractivity contribution is -0.125. The zero-order valence-corrected chi connectivity index (χ0v) is 16.9. The number of benzene rings is 2. The van der Waals surface area contributed by atoms with Crippen molar-refractivity contribution in [2.75, 3.05) is 18.4 Å². The summed E-state index contributed by atoms with van der Waals surface area (Å²) in [6, 6.07) is 12.7. The first-order valence-electron chi connectivity index (χ1n) is 9.72. The summed E-state index contributed by atoms with van der Waals surface area (Å²) in [4.78, 5) is 32.7. The smallest absolute Gasteiger partial charge is 0.268 e. The van der Waals surface area contributed by atoms with Crippen molar-refractivity contribution in [1.29, 1.82) is 0 Å². The maximum Gasteiger partial charge on any atom is 0.268 e. The Morgan fingerprint density at radius 3 is 2.66 bits per heavy atom. The predicted molar refractivity (Wildman–Crippen MR) is 112 cm³/mol. The molecule has 7 heteroatoms. The molecule has 2 aromatic carbocycles. The highest BCUT2D eigenvalue weighted by Crippen LogP contribution is 2.26. The summed E-state index contributed by atoms with van der Waals surface area (Å²) in [7, 11) is 0. The molecule has 0 bridgehead atoms. The number of carbonyl (C=O) groups excluding carboxylic acids is 2. The van der Waals surface area contributed by atoms with Crippen LogP contribution in [-0.4, -0.2) is 41.6 Å². The molecule has 1 atom stereocenters. The SMILES string of the molecule is Cc1c(NC(=O)[C@H]2CC(c3ccccc3Cl)=NO2)cccc1C(=O)N1CCCC1. The van der Waals surface area contributed by atoms with E-state index in [0.717, 1.165) is 37.1 Å². The Balaban J connectivity index is 1.45. The molecule has 2 aliphatic rings. The Bertz CT molecular complexity index is 983. The third kappa shape index (κ3) is 3.98. The summed E-state index contributed by atoms with van der Waals surface area (Å²) in [5.74, 6) is -0.290. The molecule has 2 heterocycles. The summed E-state index contributed by atoms with van der Waals surface area (Å²) in [6.07, 6.45) is 1.67. The number of halogens is 1. The van der Waals surface area contributed by atoms with Crippen LogP contribution in [0.25, 0.3) is 0 Å². The molecule has 150 valence electrons. The van der Waals surface area contributed by atoms with Crippen LogP contribution in [0.3, 0.4) is 0 Å². The monoisotopic (exact) mass is 411 g/mol. The molecule has 6 nitrogen and oxygen atoms in total. The highest BCUT2D eigenvalue weighted by atomic mass is 35.5. The predicted octanol–water partition coefficient (Wildman–Crippen LogP) is 4.02. The van der Waals surface area contributed by atoms with Gasteiger partial charge in [0.2, 0.25) is 6.10 Å². The van der Waals surface area contributed by atoms with Crippen LogP contribution in [0.15, 0.2) is 47.6 Å². The van der Waals surface area contributed by atoms with E-state index in [4.69, 9.17) is 16.4 Å². The number of nitrogens with zero attached hydrogens (tertiary/aromatic N) is 2. The van der Waals surface area contributed by atoms with E-state index in [9.17, 15) is 9.59 Å². The lowest BCUT2D eigenvalue weighted by Gasteiger charge is -2.19. The Labute approximate surface area is 174 Å². The van der Waals surface area contributed by atoms with Gasteiger partial charge < -0.3 is 15.1 Å². The van der Waals surface area contributed by atoms with E-state index in [1.807, 2.05) is 30.0 Å². The molecule has 0 saturated carbocycles. The molecule has 0 aliphatic carbocycles. The van der Waals surface area contributed by atoms with Crippen molar-refractivity contribution in [2.45, 2.75) is 32.3 Å². The molecule has 0 unspecified atom stereocenters. The normalized spacial score (nSPS) is 18.3. The minimum Gasteiger partial charge on any atom is -0.382 e. The average Bonchev–Trinajstić information content (AvgIpc) is 3.42. The maximum absolute atomic E-state index is 12.8. The summed E-state index contributed by atoms with van der Waals surface area (Å²) in [5, 5.41) is 7.49. The van der Waals surface area contributed by atoms with E-state index in [-0.39, 0.29) is 11.8 Å². The van der Waals surface area contributed by atoms with Crippen LogP contribution in [0.2, 0.25) is 5.02 Å². The summed E-state index contributed by atoms with van der Waals surface area (Å²) in [5.41, 5.74) is 3.38. The fourth-order valence-electron chi connectivity index (χ4n) is 3.68. The van der Waals surface area contributed by atoms with Gasteiger partial charge in [0, 0.05) is 41.3 Å². The van der Waals surface area contributed by atoms with Crippen LogP contribution in [0.1, 0.15) is 40.7 Å². The van der Waals surface area contributed by atoms with E-state index in [1.165, 1.54) is 0 Å². The number of carbonyl (C=O) groups is 2. The molecule has 4 rings (SSSR count). The number of likely N-dealkylation sites (tertiary alicyclic amines) is 1. The maximum atomic E-state index is 12.8. The van der Waals surface area contributed by atoms with Crippen molar-refractivity contribution in [3.63, 3.8) is 0 Å². The second kappa shape index (κ2) is 8.25. The number of oxime groups is 1. The van der Waals surface area contributed by atoms with Gasteiger partial charge in [0.15, 0.2) is 0 Å². The van der Waals surface area contributed by atoms with Crippen molar-refractivity contribution in [3.8, 4) is 0 Å². The molecule has 1 saturated heterocycles. The van der Waals surface area contributed by atoms with Gasteiger partial charge in [-0.3, -0.25) is 9.59 Å². The van der Waals surface area contributed by atoms with E-state index < -0.39 is 6.10 Å². The van der Waals surface area contributed by atoms with Gasteiger partial charge in [-0.25, -0.2) is 0 Å². The van der Waals surface area contributed by atoms with Crippen molar-refractivity contribution < 1.29 is 14.4 Å². The third-order valence-electron chi connectivity index (χ3n) is 5.36. The first kappa shape index (κ1) is 19.5. The molecule has 0 radical (unpaired) electrons. The van der Waals surface area contributed by atoms with Crippen LogP contribution in [-0.2, 0) is 9.63 Å². The highest BCUT2D eigenvalue weighted by Gasteiger charge is 2.30. The number of rotatable bonds is 4. The van der Waals surface area contributed by atoms with Crippen LogP contribution in [0.5, 0.6) is 0 Å². The number of hydrogen-bond acceptors (Lipinski definition) is 4.